The molecule has 0 spiro atoms. The minimum Gasteiger partial charge on any atom is -0.453 e. The molecule has 1 aliphatic heterocycles. The molecule has 136 valence electrons. The molecule has 0 bridgehead atoms. The van der Waals surface area contributed by atoms with Crippen LogP contribution in [0, 0.1) is 0 Å². The van der Waals surface area contributed by atoms with Gasteiger partial charge in [0, 0.05) is 10.5 Å². The van der Waals surface area contributed by atoms with Crippen LogP contribution in [0.15, 0.2) is 53.4 Å². The number of halogens is 3. The van der Waals surface area contributed by atoms with Gasteiger partial charge in [-0.1, -0.05) is 30.3 Å². The Morgan fingerprint density at radius 3 is 2.58 bits per heavy atom. The van der Waals surface area contributed by atoms with Crippen LogP contribution >= 0.6 is 11.8 Å². The number of rotatable bonds is 5. The van der Waals surface area contributed by atoms with E-state index in [0.717, 1.165) is 0 Å². The van der Waals surface area contributed by atoms with E-state index in [4.69, 9.17) is 4.74 Å². The maximum atomic E-state index is 12.4. The lowest BCUT2D eigenvalue weighted by molar-refractivity contribution is -0.118. The molecule has 3 rings (SSSR count). The van der Waals surface area contributed by atoms with Gasteiger partial charge in [-0.05, 0) is 18.2 Å². The molecule has 0 saturated heterocycles. The van der Waals surface area contributed by atoms with Crippen molar-refractivity contribution in [1.29, 1.82) is 0 Å². The second kappa shape index (κ2) is 7.41. The van der Waals surface area contributed by atoms with Gasteiger partial charge in [-0.3, -0.25) is 4.79 Å². The molecule has 26 heavy (non-hydrogen) atoms. The number of nitrogens with one attached hydrogen (secondary N) is 1. The molecule has 0 radical (unpaired) electrons. The lowest BCUT2D eigenvalue weighted by atomic mass is 10.0. The molecule has 1 N–H and O–H groups in total. The average molecular weight is 381 g/mol. The normalized spacial score (nSPS) is 16.1. The molecule has 1 heterocycles. The maximum Gasteiger partial charge on any atom is 0.398 e. The van der Waals surface area contributed by atoms with E-state index in [9.17, 15) is 22.8 Å². The average Bonchev–Trinajstić information content (AvgIpc) is 2.90. The Hall–Kier alpha value is -2.48. The van der Waals surface area contributed by atoms with Gasteiger partial charge in [0.05, 0.1) is 23.4 Å². The van der Waals surface area contributed by atoms with E-state index in [1.807, 2.05) is 0 Å². The standard InChI is InChI=1S/C18H14F3NO3S/c19-18(20,21)10-26-15-8-4-3-7-13(15)22-16(23)9-14-11-5-1-2-6-12(11)17(24)25-14/h1-8,14H,9-10H2,(H,22,23)/t14-/m0/s1. The molecular formula is C18H14F3NO3S. The predicted molar refractivity (Wildman–Crippen MR) is 91.1 cm³/mol. The molecule has 0 unspecified atom stereocenters. The Kier molecular flexibility index (Phi) is 5.22. The minimum absolute atomic E-state index is 0.110. The predicted octanol–water partition coefficient (Wildman–Crippen LogP) is 4.58. The summed E-state index contributed by atoms with van der Waals surface area (Å²) in [6.07, 6.45) is -5.11. The number of ether oxygens (including phenoxy) is 1. The molecule has 4 nitrogen and oxygen atoms in total. The molecule has 2 aromatic carbocycles. The van der Waals surface area contributed by atoms with Gasteiger partial charge < -0.3 is 10.1 Å². The van der Waals surface area contributed by atoms with Gasteiger partial charge in [0.15, 0.2) is 0 Å². The number of carbonyl (C=O) groups is 2. The maximum absolute atomic E-state index is 12.4. The van der Waals surface area contributed by atoms with Crippen molar-refractivity contribution in [3.05, 3.63) is 59.7 Å². The van der Waals surface area contributed by atoms with Crippen LogP contribution in [0.5, 0.6) is 0 Å². The van der Waals surface area contributed by atoms with E-state index in [1.54, 1.807) is 36.4 Å². The number of cyclic esters (lactones) is 1. The number of thioether (sulfide) groups is 1. The quantitative estimate of drug-likeness (QED) is 0.608. The zero-order chi connectivity index (χ0) is 18.7. The zero-order valence-corrected chi connectivity index (χ0v) is 14.2. The van der Waals surface area contributed by atoms with Gasteiger partial charge in [-0.25, -0.2) is 4.79 Å². The fourth-order valence-corrected chi connectivity index (χ4v) is 3.36. The van der Waals surface area contributed by atoms with E-state index in [0.29, 0.717) is 33.5 Å². The van der Waals surface area contributed by atoms with Crippen LogP contribution in [0.25, 0.3) is 0 Å². The van der Waals surface area contributed by atoms with Crippen molar-refractivity contribution in [3.8, 4) is 0 Å². The van der Waals surface area contributed by atoms with Crippen LogP contribution in [0.1, 0.15) is 28.4 Å². The molecule has 0 aromatic heterocycles. The number of esters is 1. The van der Waals surface area contributed by atoms with E-state index in [2.05, 4.69) is 5.32 Å². The van der Waals surface area contributed by atoms with Gasteiger partial charge in [0.2, 0.25) is 5.91 Å². The van der Waals surface area contributed by atoms with E-state index >= 15 is 0 Å². The third-order valence-electron chi connectivity index (χ3n) is 3.70. The molecule has 1 aliphatic rings. The van der Waals surface area contributed by atoms with Crippen LogP contribution < -0.4 is 5.32 Å². The molecule has 0 aliphatic carbocycles. The van der Waals surface area contributed by atoms with Gasteiger partial charge in [-0.15, -0.1) is 11.8 Å². The first kappa shape index (κ1) is 18.3. The Bertz CT molecular complexity index is 838. The number of amides is 1. The summed E-state index contributed by atoms with van der Waals surface area (Å²) < 4.78 is 42.5. The van der Waals surface area contributed by atoms with Crippen molar-refractivity contribution in [2.75, 3.05) is 11.1 Å². The molecule has 0 fully saturated rings. The fourth-order valence-electron chi connectivity index (χ4n) is 2.60. The van der Waals surface area contributed by atoms with Crippen molar-refractivity contribution in [2.24, 2.45) is 0 Å². The molecule has 1 amide bonds. The molecule has 0 saturated carbocycles. The summed E-state index contributed by atoms with van der Waals surface area (Å²) >= 11 is 0.603. The Balaban J connectivity index is 1.67. The van der Waals surface area contributed by atoms with Crippen LogP contribution in [0.3, 0.4) is 0 Å². The summed E-state index contributed by atoms with van der Waals surface area (Å²) in [5.41, 5.74) is 1.35. The third kappa shape index (κ3) is 4.37. The van der Waals surface area contributed by atoms with Gasteiger partial charge >= 0.3 is 12.1 Å². The highest BCUT2D eigenvalue weighted by molar-refractivity contribution is 7.99. The van der Waals surface area contributed by atoms with Crippen molar-refractivity contribution in [3.63, 3.8) is 0 Å². The van der Waals surface area contributed by atoms with Gasteiger partial charge in [-0.2, -0.15) is 13.2 Å². The Morgan fingerprint density at radius 1 is 1.12 bits per heavy atom. The lowest BCUT2D eigenvalue weighted by Gasteiger charge is -2.14. The second-order valence-electron chi connectivity index (χ2n) is 5.63. The number of hydrogen-bond donors (Lipinski definition) is 1. The summed E-state index contributed by atoms with van der Waals surface area (Å²) in [4.78, 5) is 24.4. The van der Waals surface area contributed by atoms with E-state index in [-0.39, 0.29) is 6.42 Å². The van der Waals surface area contributed by atoms with Crippen molar-refractivity contribution in [1.82, 2.24) is 0 Å². The summed E-state index contributed by atoms with van der Waals surface area (Å²) in [6.45, 7) is 0. The number of fused-ring (bicyclic) bond motifs is 1. The summed E-state index contributed by atoms with van der Waals surface area (Å²) in [5, 5.41) is 2.60. The lowest BCUT2D eigenvalue weighted by Crippen LogP contribution is -2.16. The smallest absolute Gasteiger partial charge is 0.398 e. The van der Waals surface area contributed by atoms with Crippen LogP contribution in [0.4, 0.5) is 18.9 Å². The fraction of sp³-hybridized carbons (Fsp3) is 0.222. The van der Waals surface area contributed by atoms with Gasteiger partial charge in [0.1, 0.15) is 6.10 Å². The third-order valence-corrected chi connectivity index (χ3v) is 4.84. The van der Waals surface area contributed by atoms with E-state index < -0.39 is 29.9 Å². The first-order valence-electron chi connectivity index (χ1n) is 7.72. The SMILES string of the molecule is O=C(C[C@@H]1OC(=O)c2ccccc21)Nc1ccccc1SCC(F)(F)F. The molecule has 1 atom stereocenters. The van der Waals surface area contributed by atoms with E-state index in [1.165, 1.54) is 12.1 Å². The number of benzene rings is 2. The van der Waals surface area contributed by atoms with Crippen molar-refractivity contribution < 1.29 is 27.5 Å². The Labute approximate surface area is 151 Å². The molecular weight excluding hydrogens is 367 g/mol. The summed E-state index contributed by atoms with van der Waals surface area (Å²) in [5.74, 6) is -1.98. The Morgan fingerprint density at radius 2 is 1.81 bits per heavy atom. The first-order chi connectivity index (χ1) is 12.3. The van der Waals surface area contributed by atoms with Crippen LogP contribution in [-0.4, -0.2) is 23.8 Å². The molecule has 2 aromatic rings. The summed E-state index contributed by atoms with van der Waals surface area (Å²) in [6, 6.07) is 13.1. The largest absolute Gasteiger partial charge is 0.453 e. The van der Waals surface area contributed by atoms with Crippen molar-refractivity contribution in [2.45, 2.75) is 23.6 Å². The monoisotopic (exact) mass is 381 g/mol. The number of para-hydroxylation sites is 1. The second-order valence-corrected chi connectivity index (χ2v) is 6.65. The number of carbonyl (C=O) groups excluding carboxylic acids is 2. The zero-order valence-electron chi connectivity index (χ0n) is 13.4. The number of anilines is 1. The van der Waals surface area contributed by atoms with Crippen molar-refractivity contribution >= 4 is 29.3 Å². The van der Waals surface area contributed by atoms with Gasteiger partial charge in [0.25, 0.3) is 0 Å². The topological polar surface area (TPSA) is 55.4 Å². The first-order valence-corrected chi connectivity index (χ1v) is 8.70. The van der Waals surface area contributed by atoms with Crippen LogP contribution in [-0.2, 0) is 9.53 Å². The number of hydrogen-bond acceptors (Lipinski definition) is 4. The summed E-state index contributed by atoms with van der Waals surface area (Å²) in [7, 11) is 0. The highest BCUT2D eigenvalue weighted by Crippen LogP contribution is 2.35. The highest BCUT2D eigenvalue weighted by atomic mass is 32.2. The number of alkyl halides is 3. The van der Waals surface area contributed by atoms with Crippen LogP contribution in [0.2, 0.25) is 0 Å². The minimum atomic E-state index is -4.30. The molecule has 8 heteroatoms. The highest BCUT2D eigenvalue weighted by Gasteiger charge is 2.32.